The third-order valence-electron chi connectivity index (χ3n) is 2.33. The first-order valence-corrected chi connectivity index (χ1v) is 5.69. The fourth-order valence-corrected chi connectivity index (χ4v) is 1.50. The van der Waals surface area contributed by atoms with Crippen molar-refractivity contribution in [3.05, 3.63) is 40.8 Å². The number of ether oxygens (including phenoxy) is 1. The van der Waals surface area contributed by atoms with E-state index in [4.69, 9.17) is 4.74 Å². The second-order valence-corrected chi connectivity index (χ2v) is 3.60. The molecule has 0 aliphatic heterocycles. The highest BCUT2D eigenvalue weighted by molar-refractivity contribution is 5.37. The molecule has 2 rings (SSSR count). The van der Waals surface area contributed by atoms with E-state index in [1.807, 2.05) is 6.92 Å². The molecule has 0 bridgehead atoms. The highest BCUT2D eigenvalue weighted by Crippen LogP contribution is 2.13. The number of nitrogens with one attached hydrogen (secondary N) is 1. The second-order valence-electron chi connectivity index (χ2n) is 3.60. The van der Waals surface area contributed by atoms with Crippen molar-refractivity contribution in [1.82, 2.24) is 14.5 Å². The Morgan fingerprint density at radius 1 is 1.47 bits per heavy atom. The molecule has 0 aromatic carbocycles. The monoisotopic (exact) mass is 263 g/mol. The average molecular weight is 263 g/mol. The van der Waals surface area contributed by atoms with Crippen LogP contribution < -0.4 is 10.1 Å². The van der Waals surface area contributed by atoms with Crippen molar-refractivity contribution >= 4 is 11.8 Å². The van der Waals surface area contributed by atoms with Crippen molar-refractivity contribution in [1.29, 1.82) is 0 Å². The molecule has 8 nitrogen and oxygen atoms in total. The molecule has 0 atom stereocenters. The molecule has 8 heteroatoms. The number of rotatable bonds is 6. The SMILES string of the molecule is CCOc1ccc(NCn2ccnc2[N+](=O)[O-])nc1. The van der Waals surface area contributed by atoms with Crippen LogP contribution >= 0.6 is 0 Å². The molecular formula is C11H13N5O3. The molecular weight excluding hydrogens is 250 g/mol. The van der Waals surface area contributed by atoms with Crippen LogP contribution in [0.4, 0.5) is 11.8 Å². The summed E-state index contributed by atoms with van der Waals surface area (Å²) in [5.41, 5.74) is 0. The highest BCUT2D eigenvalue weighted by atomic mass is 16.6. The van der Waals surface area contributed by atoms with Gasteiger partial charge in [-0.1, -0.05) is 4.98 Å². The Hall–Kier alpha value is -2.64. The van der Waals surface area contributed by atoms with E-state index in [1.54, 1.807) is 18.3 Å². The van der Waals surface area contributed by atoms with E-state index in [-0.39, 0.29) is 12.6 Å². The topological polar surface area (TPSA) is 95.1 Å². The van der Waals surface area contributed by atoms with Gasteiger partial charge in [0, 0.05) is 0 Å². The Balaban J connectivity index is 1.98. The predicted molar refractivity (Wildman–Crippen MR) is 67.9 cm³/mol. The number of anilines is 1. The van der Waals surface area contributed by atoms with Crippen molar-refractivity contribution in [2.45, 2.75) is 13.6 Å². The Labute approximate surface area is 109 Å². The fraction of sp³-hybridized carbons (Fsp3) is 0.273. The molecule has 0 aliphatic carbocycles. The first-order chi connectivity index (χ1) is 9.20. The maximum atomic E-state index is 10.7. The van der Waals surface area contributed by atoms with Gasteiger partial charge in [-0.05, 0) is 24.0 Å². The van der Waals surface area contributed by atoms with Crippen LogP contribution in [0.5, 0.6) is 5.75 Å². The normalized spacial score (nSPS) is 10.2. The minimum absolute atomic E-state index is 0.210. The van der Waals surface area contributed by atoms with Gasteiger partial charge < -0.3 is 20.2 Å². The molecule has 19 heavy (non-hydrogen) atoms. The highest BCUT2D eigenvalue weighted by Gasteiger charge is 2.13. The first-order valence-electron chi connectivity index (χ1n) is 5.69. The van der Waals surface area contributed by atoms with E-state index in [0.29, 0.717) is 18.2 Å². The summed E-state index contributed by atoms with van der Waals surface area (Å²) in [7, 11) is 0. The van der Waals surface area contributed by atoms with Gasteiger partial charge in [0.1, 0.15) is 30.6 Å². The molecule has 0 saturated heterocycles. The van der Waals surface area contributed by atoms with E-state index in [0.717, 1.165) is 0 Å². The van der Waals surface area contributed by atoms with Gasteiger partial charge in [0.05, 0.1) is 12.8 Å². The van der Waals surface area contributed by atoms with E-state index < -0.39 is 4.92 Å². The Bertz CT molecular complexity index is 552. The van der Waals surface area contributed by atoms with Crippen molar-refractivity contribution in [3.8, 4) is 5.75 Å². The zero-order valence-corrected chi connectivity index (χ0v) is 10.3. The smallest absolute Gasteiger partial charge is 0.436 e. The predicted octanol–water partition coefficient (Wildman–Crippen LogP) is 1.65. The van der Waals surface area contributed by atoms with Crippen LogP contribution in [0.25, 0.3) is 0 Å². The van der Waals surface area contributed by atoms with Crippen LogP contribution in [0, 0.1) is 10.1 Å². The number of pyridine rings is 1. The molecule has 100 valence electrons. The summed E-state index contributed by atoms with van der Waals surface area (Å²) in [5, 5.41) is 13.6. The minimum atomic E-state index is -0.534. The molecule has 2 aromatic heterocycles. The lowest BCUT2D eigenvalue weighted by Gasteiger charge is -2.06. The number of hydrogen-bond donors (Lipinski definition) is 1. The summed E-state index contributed by atoms with van der Waals surface area (Å²) in [6, 6.07) is 3.52. The maximum absolute atomic E-state index is 10.7. The van der Waals surface area contributed by atoms with Crippen LogP contribution in [0.1, 0.15) is 6.92 Å². The summed E-state index contributed by atoms with van der Waals surface area (Å²) in [4.78, 5) is 17.9. The molecule has 0 unspecified atom stereocenters. The largest absolute Gasteiger partial charge is 0.492 e. The van der Waals surface area contributed by atoms with E-state index in [2.05, 4.69) is 15.3 Å². The van der Waals surface area contributed by atoms with Crippen LogP contribution in [-0.4, -0.2) is 26.1 Å². The third-order valence-corrected chi connectivity index (χ3v) is 2.33. The summed E-state index contributed by atoms with van der Waals surface area (Å²) in [6.07, 6.45) is 4.50. The van der Waals surface area contributed by atoms with Crippen LogP contribution in [0.15, 0.2) is 30.7 Å². The van der Waals surface area contributed by atoms with Gasteiger partial charge in [-0.3, -0.25) is 0 Å². The van der Waals surface area contributed by atoms with Crippen LogP contribution in [0.2, 0.25) is 0 Å². The quantitative estimate of drug-likeness (QED) is 0.629. The average Bonchev–Trinajstić information content (AvgIpc) is 2.87. The number of hydrogen-bond acceptors (Lipinski definition) is 6. The lowest BCUT2D eigenvalue weighted by molar-refractivity contribution is -0.396. The van der Waals surface area contributed by atoms with Gasteiger partial charge in [0.15, 0.2) is 0 Å². The molecule has 0 amide bonds. The van der Waals surface area contributed by atoms with Crippen molar-refractivity contribution in [3.63, 3.8) is 0 Å². The molecule has 0 radical (unpaired) electrons. The molecule has 1 N–H and O–H groups in total. The van der Waals surface area contributed by atoms with Crippen LogP contribution in [-0.2, 0) is 6.67 Å². The lowest BCUT2D eigenvalue weighted by Crippen LogP contribution is -2.10. The maximum Gasteiger partial charge on any atom is 0.436 e. The molecule has 0 saturated carbocycles. The van der Waals surface area contributed by atoms with Crippen molar-refractivity contribution in [2.24, 2.45) is 0 Å². The van der Waals surface area contributed by atoms with Gasteiger partial charge >= 0.3 is 5.95 Å². The van der Waals surface area contributed by atoms with Gasteiger partial charge in [0.2, 0.25) is 0 Å². The number of aromatic nitrogens is 3. The van der Waals surface area contributed by atoms with Crippen molar-refractivity contribution < 1.29 is 9.66 Å². The zero-order valence-electron chi connectivity index (χ0n) is 10.3. The summed E-state index contributed by atoms with van der Waals surface area (Å²) in [6.45, 7) is 2.69. The molecule has 0 fully saturated rings. The number of nitrogens with zero attached hydrogens (tertiary/aromatic N) is 4. The van der Waals surface area contributed by atoms with Crippen molar-refractivity contribution in [2.75, 3.05) is 11.9 Å². The summed E-state index contributed by atoms with van der Waals surface area (Å²) >= 11 is 0. The molecule has 2 heterocycles. The van der Waals surface area contributed by atoms with E-state index in [1.165, 1.54) is 17.0 Å². The van der Waals surface area contributed by atoms with Gasteiger partial charge in [-0.2, -0.15) is 0 Å². The lowest BCUT2D eigenvalue weighted by atomic mass is 10.4. The Morgan fingerprint density at radius 2 is 2.32 bits per heavy atom. The Kier molecular flexibility index (Phi) is 3.91. The Morgan fingerprint density at radius 3 is 2.95 bits per heavy atom. The van der Waals surface area contributed by atoms with E-state index in [9.17, 15) is 10.1 Å². The summed E-state index contributed by atoms with van der Waals surface area (Å²) < 4.78 is 6.65. The van der Waals surface area contributed by atoms with Gasteiger partial charge in [-0.25, -0.2) is 9.55 Å². The summed E-state index contributed by atoms with van der Waals surface area (Å²) in [5.74, 6) is 1.08. The second kappa shape index (κ2) is 5.80. The molecule has 2 aromatic rings. The van der Waals surface area contributed by atoms with Crippen LogP contribution in [0.3, 0.4) is 0 Å². The fourth-order valence-electron chi connectivity index (χ4n) is 1.50. The van der Waals surface area contributed by atoms with Gasteiger partial charge in [0.25, 0.3) is 0 Å². The number of imidazole rings is 1. The standard InChI is InChI=1S/C11H13N5O3/c1-2-19-9-3-4-10(13-7-9)14-8-15-6-5-12-11(15)16(17)18/h3-7H,2,8H2,1H3,(H,13,14). The number of nitro groups is 1. The minimum Gasteiger partial charge on any atom is -0.492 e. The first kappa shape index (κ1) is 12.8. The molecule has 0 spiro atoms. The van der Waals surface area contributed by atoms with Gasteiger partial charge in [-0.15, -0.1) is 0 Å². The third kappa shape index (κ3) is 3.18. The molecule has 0 aliphatic rings. The van der Waals surface area contributed by atoms with E-state index >= 15 is 0 Å². The zero-order chi connectivity index (χ0) is 13.7.